The van der Waals surface area contributed by atoms with Crippen molar-refractivity contribution >= 4 is 17.2 Å². The molecule has 2 atom stereocenters. The summed E-state index contributed by atoms with van der Waals surface area (Å²) in [4.78, 5) is 19.2. The molecule has 22 heavy (non-hydrogen) atoms. The van der Waals surface area contributed by atoms with Gasteiger partial charge in [0.15, 0.2) is 10.8 Å². The Balaban J connectivity index is 1.56. The van der Waals surface area contributed by atoms with Crippen LogP contribution in [0.2, 0.25) is 0 Å². The maximum absolute atomic E-state index is 12.8. The molecule has 0 spiro atoms. The standard InChI is InChI=1S/C16H18N2O3S/c19-16(11-10-22-15(17-11)14-6-3-8-20-14)18-7-9-21-13-5-2-1-4-12(13)18/h3,6,8,10,12-13H,1-2,4-5,7,9H2/t12-,13+/m0/s1. The summed E-state index contributed by atoms with van der Waals surface area (Å²) in [6, 6.07) is 3.90. The summed E-state index contributed by atoms with van der Waals surface area (Å²) in [5, 5.41) is 2.58. The summed E-state index contributed by atoms with van der Waals surface area (Å²) in [5.74, 6) is 0.732. The largest absolute Gasteiger partial charge is 0.462 e. The molecule has 116 valence electrons. The summed E-state index contributed by atoms with van der Waals surface area (Å²) in [7, 11) is 0. The summed E-state index contributed by atoms with van der Waals surface area (Å²) < 4.78 is 11.2. The molecule has 0 N–H and O–H groups in total. The number of morpholine rings is 1. The van der Waals surface area contributed by atoms with Crippen LogP contribution in [0.5, 0.6) is 0 Å². The molecule has 2 aromatic heterocycles. The molecule has 5 nitrogen and oxygen atoms in total. The van der Waals surface area contributed by atoms with Gasteiger partial charge in [0.25, 0.3) is 5.91 Å². The third-order valence-electron chi connectivity index (χ3n) is 4.45. The van der Waals surface area contributed by atoms with Crippen molar-refractivity contribution in [2.24, 2.45) is 0 Å². The number of furan rings is 1. The first kappa shape index (κ1) is 14.0. The molecule has 6 heteroatoms. The van der Waals surface area contributed by atoms with Gasteiger partial charge in [-0.1, -0.05) is 12.8 Å². The van der Waals surface area contributed by atoms with Gasteiger partial charge in [0, 0.05) is 11.9 Å². The highest BCUT2D eigenvalue weighted by Crippen LogP contribution is 2.30. The van der Waals surface area contributed by atoms with Gasteiger partial charge in [-0.2, -0.15) is 0 Å². The summed E-state index contributed by atoms with van der Waals surface area (Å²) in [6.07, 6.45) is 6.28. The first-order valence-electron chi connectivity index (χ1n) is 7.75. The minimum atomic E-state index is 0.0225. The van der Waals surface area contributed by atoms with E-state index >= 15 is 0 Å². The van der Waals surface area contributed by atoms with Crippen LogP contribution in [0.1, 0.15) is 36.2 Å². The Morgan fingerprint density at radius 1 is 1.36 bits per heavy atom. The Hall–Kier alpha value is -1.66. The number of carbonyl (C=O) groups excluding carboxylic acids is 1. The van der Waals surface area contributed by atoms with E-state index in [9.17, 15) is 4.79 Å². The van der Waals surface area contributed by atoms with Gasteiger partial charge in [0.05, 0.1) is 25.0 Å². The highest BCUT2D eigenvalue weighted by Gasteiger charge is 2.37. The van der Waals surface area contributed by atoms with Gasteiger partial charge >= 0.3 is 0 Å². The number of thiazole rings is 1. The number of amides is 1. The molecule has 1 aliphatic carbocycles. The van der Waals surface area contributed by atoms with Crippen molar-refractivity contribution in [3.05, 3.63) is 29.5 Å². The quantitative estimate of drug-likeness (QED) is 0.853. The number of hydrogen-bond acceptors (Lipinski definition) is 5. The number of ether oxygens (including phenoxy) is 1. The lowest BCUT2D eigenvalue weighted by molar-refractivity contribution is -0.0754. The molecular formula is C16H18N2O3S. The fraction of sp³-hybridized carbons (Fsp3) is 0.500. The first-order chi connectivity index (χ1) is 10.8. The second-order valence-corrected chi connectivity index (χ2v) is 6.63. The third kappa shape index (κ3) is 2.46. The predicted octanol–water partition coefficient (Wildman–Crippen LogP) is 3.19. The molecule has 2 fully saturated rings. The van der Waals surface area contributed by atoms with E-state index in [4.69, 9.17) is 9.15 Å². The molecular weight excluding hydrogens is 300 g/mol. The molecule has 0 aromatic carbocycles. The summed E-state index contributed by atoms with van der Waals surface area (Å²) in [5.41, 5.74) is 0.516. The van der Waals surface area contributed by atoms with Gasteiger partial charge in [0.2, 0.25) is 0 Å². The van der Waals surface area contributed by atoms with Crippen LogP contribution in [0.15, 0.2) is 28.2 Å². The lowest BCUT2D eigenvalue weighted by Gasteiger charge is -2.43. The lowest BCUT2D eigenvalue weighted by Crippen LogP contribution is -2.54. The Labute approximate surface area is 132 Å². The monoisotopic (exact) mass is 318 g/mol. The van der Waals surface area contributed by atoms with E-state index in [1.165, 1.54) is 24.2 Å². The molecule has 1 amide bonds. The molecule has 3 heterocycles. The summed E-state index contributed by atoms with van der Waals surface area (Å²) >= 11 is 1.45. The zero-order valence-electron chi connectivity index (χ0n) is 12.2. The molecule has 1 aliphatic heterocycles. The Morgan fingerprint density at radius 3 is 3.14 bits per heavy atom. The van der Waals surface area contributed by atoms with E-state index in [0.717, 1.165) is 17.8 Å². The van der Waals surface area contributed by atoms with Crippen molar-refractivity contribution in [1.82, 2.24) is 9.88 Å². The van der Waals surface area contributed by atoms with E-state index < -0.39 is 0 Å². The number of aromatic nitrogens is 1. The van der Waals surface area contributed by atoms with Crippen molar-refractivity contribution < 1.29 is 13.9 Å². The number of rotatable bonds is 2. The van der Waals surface area contributed by atoms with Crippen LogP contribution in [-0.2, 0) is 4.74 Å². The van der Waals surface area contributed by atoms with Crippen LogP contribution < -0.4 is 0 Å². The number of nitrogens with zero attached hydrogens (tertiary/aromatic N) is 2. The zero-order chi connectivity index (χ0) is 14.9. The van der Waals surface area contributed by atoms with Crippen LogP contribution in [0, 0.1) is 0 Å². The van der Waals surface area contributed by atoms with E-state index in [-0.39, 0.29) is 18.1 Å². The normalized spacial score (nSPS) is 25.0. The van der Waals surface area contributed by atoms with Gasteiger partial charge in [0.1, 0.15) is 5.69 Å². The molecule has 0 bridgehead atoms. The zero-order valence-corrected chi connectivity index (χ0v) is 13.1. The molecule has 4 rings (SSSR count). The van der Waals surface area contributed by atoms with Crippen LogP contribution in [0.25, 0.3) is 10.8 Å². The Kier molecular flexibility index (Phi) is 3.72. The summed E-state index contributed by atoms with van der Waals surface area (Å²) in [6.45, 7) is 1.29. The van der Waals surface area contributed by atoms with Crippen LogP contribution in [0.3, 0.4) is 0 Å². The predicted molar refractivity (Wildman–Crippen MR) is 82.8 cm³/mol. The van der Waals surface area contributed by atoms with Crippen LogP contribution in [0.4, 0.5) is 0 Å². The maximum Gasteiger partial charge on any atom is 0.273 e. The fourth-order valence-electron chi connectivity index (χ4n) is 3.38. The van der Waals surface area contributed by atoms with Crippen LogP contribution in [-0.4, -0.2) is 41.1 Å². The molecule has 0 unspecified atom stereocenters. The van der Waals surface area contributed by atoms with Crippen LogP contribution >= 0.6 is 11.3 Å². The fourth-order valence-corrected chi connectivity index (χ4v) is 4.14. The van der Waals surface area contributed by atoms with E-state index in [2.05, 4.69) is 4.98 Å². The Bertz CT molecular complexity index is 650. The van der Waals surface area contributed by atoms with E-state index in [1.54, 1.807) is 6.26 Å². The molecule has 2 aromatic rings. The minimum absolute atomic E-state index is 0.0225. The minimum Gasteiger partial charge on any atom is -0.462 e. The van der Waals surface area contributed by atoms with Gasteiger partial charge in [-0.05, 0) is 25.0 Å². The van der Waals surface area contributed by atoms with Gasteiger partial charge in [-0.3, -0.25) is 4.79 Å². The second-order valence-electron chi connectivity index (χ2n) is 5.77. The average Bonchev–Trinajstić information content (AvgIpc) is 3.24. The van der Waals surface area contributed by atoms with Gasteiger partial charge in [-0.15, -0.1) is 11.3 Å². The lowest BCUT2D eigenvalue weighted by atomic mass is 9.90. The average molecular weight is 318 g/mol. The maximum atomic E-state index is 12.8. The third-order valence-corrected chi connectivity index (χ3v) is 5.31. The second kappa shape index (κ2) is 5.85. The van der Waals surface area contributed by atoms with E-state index in [0.29, 0.717) is 24.6 Å². The highest BCUT2D eigenvalue weighted by molar-refractivity contribution is 7.13. The molecule has 1 saturated carbocycles. The highest BCUT2D eigenvalue weighted by atomic mass is 32.1. The smallest absolute Gasteiger partial charge is 0.273 e. The van der Waals surface area contributed by atoms with Crippen molar-refractivity contribution in [2.45, 2.75) is 37.8 Å². The topological polar surface area (TPSA) is 55.6 Å². The molecule has 0 radical (unpaired) electrons. The molecule has 1 saturated heterocycles. The number of hydrogen-bond donors (Lipinski definition) is 0. The van der Waals surface area contributed by atoms with E-state index in [1.807, 2.05) is 22.4 Å². The van der Waals surface area contributed by atoms with Crippen molar-refractivity contribution in [1.29, 1.82) is 0 Å². The van der Waals surface area contributed by atoms with Gasteiger partial charge in [-0.25, -0.2) is 4.98 Å². The van der Waals surface area contributed by atoms with Gasteiger partial charge < -0.3 is 14.1 Å². The first-order valence-corrected chi connectivity index (χ1v) is 8.63. The SMILES string of the molecule is O=C(c1csc(-c2ccco2)n1)N1CCO[C@@H]2CCCC[C@@H]21. The van der Waals surface area contributed by atoms with Crippen molar-refractivity contribution in [2.75, 3.05) is 13.2 Å². The van der Waals surface area contributed by atoms with Crippen molar-refractivity contribution in [3.63, 3.8) is 0 Å². The number of carbonyl (C=O) groups is 1. The molecule has 2 aliphatic rings. The number of fused-ring (bicyclic) bond motifs is 1. The van der Waals surface area contributed by atoms with Crippen molar-refractivity contribution in [3.8, 4) is 10.8 Å². The Morgan fingerprint density at radius 2 is 2.27 bits per heavy atom.